The van der Waals surface area contributed by atoms with Crippen molar-refractivity contribution in [1.82, 2.24) is 5.32 Å². The first kappa shape index (κ1) is 8.43. The molecular formula is C6H14N2O. The summed E-state index contributed by atoms with van der Waals surface area (Å²) in [7, 11) is 0. The lowest BCUT2D eigenvalue weighted by Crippen LogP contribution is -2.40. The summed E-state index contributed by atoms with van der Waals surface area (Å²) in [6, 6.07) is 0. The second-order valence-electron chi connectivity index (χ2n) is 2.50. The first-order chi connectivity index (χ1) is 4.12. The van der Waals surface area contributed by atoms with Crippen molar-refractivity contribution < 1.29 is 5.21 Å². The quantitative estimate of drug-likeness (QED) is 0.338. The standard InChI is InChI=1S/C6H14N2O/c1-4-7-6(2,3)5-8-9/h5,7,9H,4H2,1-3H3. The molecule has 0 aromatic carbocycles. The molecule has 0 saturated heterocycles. The van der Waals surface area contributed by atoms with Crippen molar-refractivity contribution in [3.05, 3.63) is 0 Å². The number of oxime groups is 1. The minimum atomic E-state index is -0.191. The summed E-state index contributed by atoms with van der Waals surface area (Å²) in [5, 5.41) is 14.2. The van der Waals surface area contributed by atoms with Crippen LogP contribution in [0.1, 0.15) is 20.8 Å². The van der Waals surface area contributed by atoms with Gasteiger partial charge in [-0.05, 0) is 20.4 Å². The summed E-state index contributed by atoms with van der Waals surface area (Å²) < 4.78 is 0. The van der Waals surface area contributed by atoms with Crippen molar-refractivity contribution in [2.24, 2.45) is 5.16 Å². The van der Waals surface area contributed by atoms with Crippen molar-refractivity contribution >= 4 is 6.21 Å². The molecule has 0 aliphatic carbocycles. The van der Waals surface area contributed by atoms with E-state index < -0.39 is 0 Å². The number of nitrogens with one attached hydrogen (secondary N) is 1. The van der Waals surface area contributed by atoms with E-state index in [4.69, 9.17) is 5.21 Å². The Morgan fingerprint density at radius 2 is 2.22 bits per heavy atom. The Hall–Kier alpha value is -0.570. The van der Waals surface area contributed by atoms with Gasteiger partial charge in [-0.2, -0.15) is 0 Å². The molecule has 3 heteroatoms. The molecule has 0 aliphatic heterocycles. The van der Waals surface area contributed by atoms with Crippen LogP contribution < -0.4 is 5.32 Å². The third-order valence-electron chi connectivity index (χ3n) is 1.01. The maximum absolute atomic E-state index is 8.16. The molecule has 0 aliphatic rings. The summed E-state index contributed by atoms with van der Waals surface area (Å²) in [4.78, 5) is 0. The van der Waals surface area contributed by atoms with Crippen LogP contribution in [0.2, 0.25) is 0 Å². The molecule has 0 bridgehead atoms. The Bertz CT molecular complexity index is 99.2. The fraction of sp³-hybridized carbons (Fsp3) is 0.833. The predicted octanol–water partition coefficient (Wildman–Crippen LogP) is 0.834. The van der Waals surface area contributed by atoms with E-state index in [0.717, 1.165) is 6.54 Å². The van der Waals surface area contributed by atoms with Crippen molar-refractivity contribution in [2.45, 2.75) is 26.3 Å². The minimum Gasteiger partial charge on any atom is -0.411 e. The van der Waals surface area contributed by atoms with Gasteiger partial charge >= 0.3 is 0 Å². The van der Waals surface area contributed by atoms with Gasteiger partial charge in [0.25, 0.3) is 0 Å². The number of rotatable bonds is 3. The lowest BCUT2D eigenvalue weighted by atomic mass is 10.1. The number of hydrogen-bond donors (Lipinski definition) is 2. The molecule has 0 saturated carbocycles. The summed E-state index contributed by atoms with van der Waals surface area (Å²) in [5.41, 5.74) is -0.191. The molecule has 0 rings (SSSR count). The summed E-state index contributed by atoms with van der Waals surface area (Å²) >= 11 is 0. The Morgan fingerprint density at radius 3 is 2.56 bits per heavy atom. The van der Waals surface area contributed by atoms with Gasteiger partial charge in [0, 0.05) is 0 Å². The van der Waals surface area contributed by atoms with Gasteiger partial charge in [-0.1, -0.05) is 6.92 Å². The van der Waals surface area contributed by atoms with Crippen LogP contribution in [-0.4, -0.2) is 23.5 Å². The molecule has 3 nitrogen and oxygen atoms in total. The van der Waals surface area contributed by atoms with E-state index in [1.165, 1.54) is 6.21 Å². The SMILES string of the molecule is CCNC(C)(C)C=NO. The van der Waals surface area contributed by atoms with E-state index in [0.29, 0.717) is 0 Å². The fourth-order valence-electron chi connectivity index (χ4n) is 0.646. The van der Waals surface area contributed by atoms with Gasteiger partial charge in [0.1, 0.15) is 0 Å². The van der Waals surface area contributed by atoms with Crippen LogP contribution >= 0.6 is 0 Å². The molecule has 0 aromatic rings. The maximum Gasteiger partial charge on any atom is 0.0631 e. The van der Waals surface area contributed by atoms with Crippen molar-refractivity contribution in [3.8, 4) is 0 Å². The topological polar surface area (TPSA) is 44.6 Å². The molecule has 0 radical (unpaired) electrons. The molecule has 0 atom stereocenters. The Labute approximate surface area is 55.8 Å². The van der Waals surface area contributed by atoms with E-state index in [1.807, 2.05) is 20.8 Å². The van der Waals surface area contributed by atoms with Gasteiger partial charge in [-0.15, -0.1) is 5.16 Å². The van der Waals surface area contributed by atoms with Crippen LogP contribution in [0.3, 0.4) is 0 Å². The highest BCUT2D eigenvalue weighted by atomic mass is 16.4. The zero-order valence-electron chi connectivity index (χ0n) is 6.18. The number of nitrogens with zero attached hydrogens (tertiary/aromatic N) is 1. The van der Waals surface area contributed by atoms with E-state index in [2.05, 4.69) is 10.5 Å². The van der Waals surface area contributed by atoms with E-state index in [9.17, 15) is 0 Å². The molecule has 0 fully saturated rings. The second kappa shape index (κ2) is 3.45. The van der Waals surface area contributed by atoms with Crippen molar-refractivity contribution in [2.75, 3.05) is 6.54 Å². The second-order valence-corrected chi connectivity index (χ2v) is 2.50. The van der Waals surface area contributed by atoms with E-state index in [-0.39, 0.29) is 5.54 Å². The highest BCUT2D eigenvalue weighted by molar-refractivity contribution is 5.68. The molecule has 9 heavy (non-hydrogen) atoms. The lowest BCUT2D eigenvalue weighted by molar-refractivity contribution is 0.315. The zero-order valence-corrected chi connectivity index (χ0v) is 6.18. The smallest absolute Gasteiger partial charge is 0.0631 e. The molecule has 0 unspecified atom stereocenters. The highest BCUT2D eigenvalue weighted by Crippen LogP contribution is 1.95. The Balaban J connectivity index is 3.70. The third-order valence-corrected chi connectivity index (χ3v) is 1.01. The fourth-order valence-corrected chi connectivity index (χ4v) is 0.646. The molecule has 0 spiro atoms. The Kier molecular flexibility index (Phi) is 3.24. The summed E-state index contributed by atoms with van der Waals surface area (Å²) in [6.07, 6.45) is 1.47. The lowest BCUT2D eigenvalue weighted by Gasteiger charge is -2.18. The van der Waals surface area contributed by atoms with Crippen molar-refractivity contribution in [3.63, 3.8) is 0 Å². The average Bonchev–Trinajstić information content (AvgIpc) is 1.64. The monoisotopic (exact) mass is 130 g/mol. The van der Waals surface area contributed by atoms with Crippen LogP contribution in [0.4, 0.5) is 0 Å². The van der Waals surface area contributed by atoms with Gasteiger partial charge in [0.15, 0.2) is 0 Å². The van der Waals surface area contributed by atoms with E-state index >= 15 is 0 Å². The maximum atomic E-state index is 8.16. The molecule has 0 amide bonds. The van der Waals surface area contributed by atoms with Gasteiger partial charge in [-0.25, -0.2) is 0 Å². The average molecular weight is 130 g/mol. The number of hydrogen-bond acceptors (Lipinski definition) is 3. The first-order valence-corrected chi connectivity index (χ1v) is 3.06. The largest absolute Gasteiger partial charge is 0.411 e. The first-order valence-electron chi connectivity index (χ1n) is 3.06. The van der Waals surface area contributed by atoms with Crippen LogP contribution in [0.25, 0.3) is 0 Å². The van der Waals surface area contributed by atoms with Crippen LogP contribution in [0, 0.1) is 0 Å². The normalized spacial score (nSPS) is 12.8. The highest BCUT2D eigenvalue weighted by Gasteiger charge is 2.11. The molecule has 0 heterocycles. The molecule has 2 N–H and O–H groups in total. The summed E-state index contributed by atoms with van der Waals surface area (Å²) in [5.74, 6) is 0. The molecule has 0 aromatic heterocycles. The van der Waals surface area contributed by atoms with Crippen molar-refractivity contribution in [1.29, 1.82) is 0 Å². The van der Waals surface area contributed by atoms with Gasteiger partial charge < -0.3 is 10.5 Å². The molecular weight excluding hydrogens is 116 g/mol. The zero-order chi connectivity index (χ0) is 7.33. The molecule has 54 valence electrons. The van der Waals surface area contributed by atoms with E-state index in [1.54, 1.807) is 0 Å². The van der Waals surface area contributed by atoms with Gasteiger partial charge in [0.2, 0.25) is 0 Å². The summed E-state index contributed by atoms with van der Waals surface area (Å²) in [6.45, 7) is 6.76. The van der Waals surface area contributed by atoms with Gasteiger partial charge in [-0.3, -0.25) is 0 Å². The predicted molar refractivity (Wildman–Crippen MR) is 38.0 cm³/mol. The van der Waals surface area contributed by atoms with Crippen LogP contribution in [0.15, 0.2) is 5.16 Å². The third kappa shape index (κ3) is 3.97. The van der Waals surface area contributed by atoms with Gasteiger partial charge in [0.05, 0.1) is 11.8 Å². The Morgan fingerprint density at radius 1 is 1.67 bits per heavy atom. The minimum absolute atomic E-state index is 0.191. The van der Waals surface area contributed by atoms with Crippen LogP contribution in [-0.2, 0) is 0 Å². The van der Waals surface area contributed by atoms with Crippen LogP contribution in [0.5, 0.6) is 0 Å².